The van der Waals surface area contributed by atoms with Crippen molar-refractivity contribution < 1.29 is 3.63 Å². The Hall–Kier alpha value is -9.02. The minimum atomic E-state index is -3.18. The van der Waals surface area contributed by atoms with E-state index in [2.05, 4.69) is 76.2 Å². The molecule has 15 heteroatoms. The third kappa shape index (κ3) is 6.88. The molecule has 0 fully saturated rings. The second-order valence-electron chi connectivity index (χ2n) is 24.0. The van der Waals surface area contributed by atoms with E-state index in [1.807, 2.05) is 84.9 Å². The smallest absolute Gasteiger partial charge is 0.266 e. The van der Waals surface area contributed by atoms with Gasteiger partial charge in [0.25, 0.3) is 44.5 Å². The molecule has 0 spiro atoms. The number of benzene rings is 8. The van der Waals surface area contributed by atoms with Gasteiger partial charge in [-0.05, 0) is 180 Å². The van der Waals surface area contributed by atoms with Gasteiger partial charge in [0.2, 0.25) is 0 Å². The van der Waals surface area contributed by atoms with E-state index >= 15 is 28.8 Å². The molecule has 9 heterocycles. The maximum Gasteiger partial charge on any atom is 0.266 e. The average molecular weight is 1160 g/mol. The third-order valence-corrected chi connectivity index (χ3v) is 27.0. The van der Waals surface area contributed by atoms with Gasteiger partial charge in [-0.2, -0.15) is 0 Å². The fraction of sp³-hybridized carbons (Fsp3) is 0.200. The maximum absolute atomic E-state index is 15.3. The molecule has 0 aliphatic carbocycles. The Morgan fingerprint density at radius 2 is 0.671 bits per heavy atom. The molecule has 13 nitrogen and oxygen atoms in total. The van der Waals surface area contributed by atoms with Crippen LogP contribution in [0.15, 0.2) is 250 Å². The van der Waals surface area contributed by atoms with Crippen molar-refractivity contribution in [3.63, 3.8) is 0 Å². The molecule has 5 aliphatic heterocycles. The van der Waals surface area contributed by atoms with Gasteiger partial charge in [-0.3, -0.25) is 51.1 Å². The molecule has 8 aromatic carbocycles. The van der Waals surface area contributed by atoms with Crippen LogP contribution < -0.4 is 44.5 Å². The topological polar surface area (TPSA) is 166 Å². The van der Waals surface area contributed by atoms with Crippen molar-refractivity contribution in [3.05, 3.63) is 276 Å². The van der Waals surface area contributed by atoms with Gasteiger partial charge in [0.1, 0.15) is 0 Å². The first-order valence-electron chi connectivity index (χ1n) is 28.4. The van der Waals surface area contributed by atoms with Crippen LogP contribution in [0.1, 0.15) is 79.4 Å². The van der Waals surface area contributed by atoms with Crippen molar-refractivity contribution in [3.8, 4) is 11.4 Å². The van der Waals surface area contributed by atoms with Crippen molar-refractivity contribution in [2.75, 3.05) is 0 Å². The Morgan fingerprint density at radius 1 is 0.341 bits per heavy atom. The second-order valence-corrected chi connectivity index (χ2v) is 29.6. The van der Waals surface area contributed by atoms with Crippen molar-refractivity contribution >= 4 is 63.7 Å². The first-order chi connectivity index (χ1) is 40.6. The number of nitrogens with zero attached hydrogens (tertiary/aromatic N) is 4. The molecule has 22 bridgehead atoms. The van der Waals surface area contributed by atoms with Crippen LogP contribution in [0.4, 0.5) is 0 Å². The predicted molar refractivity (Wildman–Crippen MR) is 338 cm³/mol. The molecular weight excluding hydrogens is 1100 g/mol. The largest absolute Gasteiger partial charge is 0.269 e. The van der Waals surface area contributed by atoms with Crippen molar-refractivity contribution in [1.82, 2.24) is 18.3 Å². The van der Waals surface area contributed by atoms with Crippen molar-refractivity contribution in [2.24, 2.45) is 0 Å². The number of hydrogen-bond acceptors (Lipinski definition) is 9. The van der Waals surface area contributed by atoms with Gasteiger partial charge < -0.3 is 0 Å². The van der Waals surface area contributed by atoms with E-state index < -0.39 is 87.0 Å². The lowest BCUT2D eigenvalue weighted by Crippen LogP contribution is -2.60. The summed E-state index contributed by atoms with van der Waals surface area (Å²) < 4.78 is 13.0. The standard InChI is InChI=1S/C70H58N4O9S2/c1-9-69(7)42-22-18-30-48(34-42)85(46-27-15-12-16-28-46)50-32-20-24-44(36-50)72-61(77)53-39-57-58(40-54(53)62(72)78)66(82)74(65(57)81)70(8,10-2)68(5,6)73-63(79)55-37-51-52(38-56(55)64(73)80)60(76)71(59(51)75)43-23-19-31-49(35-43)84(83-85,45-25-13-11-14-26-45)47-29-17-21-41(33-47)67(69,3)4/h11-40H,9-10H2,1-8H3. The summed E-state index contributed by atoms with van der Waals surface area (Å²) in [5.41, 5.74) is -7.70. The summed E-state index contributed by atoms with van der Waals surface area (Å²) in [6, 6.07) is 56.7. The van der Waals surface area contributed by atoms with Gasteiger partial charge in [-0.1, -0.05) is 107 Å². The molecule has 0 radical (unpaired) electrons. The molecule has 0 N–H and O–H groups in total. The summed E-state index contributed by atoms with van der Waals surface area (Å²) >= 11 is 0. The fourth-order valence-electron chi connectivity index (χ4n) is 13.9. The molecule has 4 unspecified atom stereocenters. The molecule has 4 aromatic heterocycles. The van der Waals surface area contributed by atoms with Gasteiger partial charge in [-0.25, -0.2) is 9.13 Å². The Balaban J connectivity index is 1.20. The van der Waals surface area contributed by atoms with Gasteiger partial charge in [0.05, 0.1) is 65.5 Å². The van der Waals surface area contributed by atoms with E-state index in [0.29, 0.717) is 9.79 Å². The van der Waals surface area contributed by atoms with E-state index in [0.717, 1.165) is 55.4 Å². The molecule has 5 aliphatic rings. The number of hydrogen-bond donors (Lipinski definition) is 0. The van der Waals surface area contributed by atoms with Gasteiger partial charge in [-0.15, -0.1) is 0 Å². The molecule has 0 amide bonds. The van der Waals surface area contributed by atoms with E-state index in [-0.39, 0.29) is 60.9 Å². The summed E-state index contributed by atoms with van der Waals surface area (Å²) in [7, 11) is -6.36. The van der Waals surface area contributed by atoms with E-state index in [9.17, 15) is 9.59 Å². The zero-order valence-corrected chi connectivity index (χ0v) is 49.6. The predicted octanol–water partition coefficient (Wildman–Crippen LogP) is 12.1. The zero-order chi connectivity index (χ0) is 59.7. The fourth-order valence-corrected chi connectivity index (χ4v) is 22.0. The second kappa shape index (κ2) is 18.2. The summed E-state index contributed by atoms with van der Waals surface area (Å²) in [5, 5.41) is -0.774. The molecule has 4 atom stereocenters. The highest BCUT2D eigenvalue weighted by atomic mass is 32.3. The Morgan fingerprint density at radius 3 is 1.06 bits per heavy atom. The minimum absolute atomic E-state index is 0.0527. The van der Waals surface area contributed by atoms with Crippen LogP contribution in [-0.2, 0) is 25.5 Å². The zero-order valence-electron chi connectivity index (χ0n) is 48.0. The van der Waals surface area contributed by atoms with Crippen molar-refractivity contribution in [2.45, 2.75) is 120 Å². The van der Waals surface area contributed by atoms with E-state index in [1.165, 1.54) is 24.3 Å². The lowest BCUT2D eigenvalue weighted by atomic mass is 9.58. The van der Waals surface area contributed by atoms with Crippen LogP contribution in [-0.4, -0.2) is 18.3 Å². The first kappa shape index (κ1) is 54.0. The van der Waals surface area contributed by atoms with Crippen LogP contribution in [0, 0.1) is 0 Å². The highest BCUT2D eigenvalue weighted by Crippen LogP contribution is 2.83. The van der Waals surface area contributed by atoms with Crippen LogP contribution in [0.2, 0.25) is 0 Å². The Kier molecular flexibility index (Phi) is 11.6. The minimum Gasteiger partial charge on any atom is -0.269 e. The number of fused-ring (bicyclic) bond motifs is 4. The molecule has 85 heavy (non-hydrogen) atoms. The number of rotatable bonds is 4. The van der Waals surface area contributed by atoms with Gasteiger partial charge in [0, 0.05) is 34.8 Å². The normalized spacial score (nSPS) is 23.0. The third-order valence-electron chi connectivity index (χ3n) is 19.8. The lowest BCUT2D eigenvalue weighted by Gasteiger charge is -2.51. The monoisotopic (exact) mass is 1160 g/mol. The van der Waals surface area contributed by atoms with Crippen LogP contribution in [0.5, 0.6) is 0 Å². The van der Waals surface area contributed by atoms with Gasteiger partial charge in [0.15, 0.2) is 0 Å². The van der Waals surface area contributed by atoms with Crippen LogP contribution in [0.25, 0.3) is 54.5 Å². The highest BCUT2D eigenvalue weighted by molar-refractivity contribution is 8.42. The first-order valence-corrected chi connectivity index (χ1v) is 31.5. The summed E-state index contributed by atoms with van der Waals surface area (Å²) in [6.07, 6.45) is 0.797. The average Bonchev–Trinajstić information content (AvgIpc) is 1.76. The quantitative estimate of drug-likeness (QED) is 0.167. The van der Waals surface area contributed by atoms with E-state index in [4.69, 9.17) is 3.63 Å². The maximum atomic E-state index is 15.3. The Labute approximate surface area is 489 Å². The molecule has 0 saturated carbocycles. The van der Waals surface area contributed by atoms with Crippen molar-refractivity contribution in [1.29, 1.82) is 0 Å². The molecule has 424 valence electrons. The van der Waals surface area contributed by atoms with Gasteiger partial charge >= 0.3 is 0 Å². The molecule has 0 saturated heterocycles. The van der Waals surface area contributed by atoms with Crippen LogP contribution in [0.3, 0.4) is 0 Å². The lowest BCUT2D eigenvalue weighted by molar-refractivity contribution is 0.0905. The number of aromatic nitrogens is 4. The summed E-state index contributed by atoms with van der Waals surface area (Å²) in [4.78, 5) is 125. The molecule has 12 aromatic rings. The Bertz CT molecular complexity index is 5180. The summed E-state index contributed by atoms with van der Waals surface area (Å²) in [5.74, 6) is 0. The molecule has 17 rings (SSSR count). The van der Waals surface area contributed by atoms with Crippen LogP contribution >= 0.6 is 20.6 Å². The van der Waals surface area contributed by atoms with E-state index in [1.54, 1.807) is 52.0 Å². The molecular formula is C70H58N4O9S2. The highest BCUT2D eigenvalue weighted by Gasteiger charge is 2.50. The summed E-state index contributed by atoms with van der Waals surface area (Å²) in [6.45, 7) is 15.5. The SMILES string of the molecule is CCC1(C)c2cccc(c2)S2(c3ccccc3)OS(c3ccccc3)(c3cccc(c3)-n3c(=O)c4cc5c(=O)n(c(=O)c5cc4c3=O)C(C)(C)C(C)(CC)n3c(=O)c4cc5c(=O)n(c(=O)c5cc4c3=O)-c3cccc2c3)c2cccc(c2)C1(C)C.